The summed E-state index contributed by atoms with van der Waals surface area (Å²) < 4.78 is 18.5. The van der Waals surface area contributed by atoms with E-state index in [0.717, 1.165) is 0 Å². The van der Waals surface area contributed by atoms with Crippen LogP contribution in [0.3, 0.4) is 0 Å². The van der Waals surface area contributed by atoms with Gasteiger partial charge in [-0.15, -0.1) is 0 Å². The Bertz CT molecular complexity index is 346. The molecule has 3 N–H and O–H groups in total. The van der Waals surface area contributed by atoms with Gasteiger partial charge in [-0.05, 0) is 18.6 Å². The molecule has 0 aliphatic heterocycles. The van der Waals surface area contributed by atoms with Crippen molar-refractivity contribution in [3.05, 3.63) is 28.5 Å². The third kappa shape index (κ3) is 2.81. The molecule has 84 valence electrons. The molecule has 0 heterocycles. The van der Waals surface area contributed by atoms with Crippen molar-refractivity contribution >= 4 is 11.6 Å². The van der Waals surface area contributed by atoms with Gasteiger partial charge in [0.15, 0.2) is 11.6 Å². The molecule has 0 saturated heterocycles. The highest BCUT2D eigenvalue weighted by molar-refractivity contribution is 6.31. The Morgan fingerprint density at radius 1 is 1.60 bits per heavy atom. The minimum atomic E-state index is -0.524. The molecule has 0 aromatic heterocycles. The second-order valence-electron chi connectivity index (χ2n) is 3.19. The monoisotopic (exact) mass is 233 g/mol. The van der Waals surface area contributed by atoms with Crippen LogP contribution in [0.25, 0.3) is 0 Å². The number of methoxy groups -OCH3 is 1. The summed E-state index contributed by atoms with van der Waals surface area (Å²) in [6.07, 6.45) is 0.179. The Balaban J connectivity index is 3.04. The van der Waals surface area contributed by atoms with Crippen molar-refractivity contribution in [3.8, 4) is 5.75 Å². The molecule has 0 bridgehead atoms. The lowest BCUT2D eigenvalue weighted by molar-refractivity contribution is 0.264. The van der Waals surface area contributed by atoms with Crippen molar-refractivity contribution in [3.63, 3.8) is 0 Å². The van der Waals surface area contributed by atoms with Gasteiger partial charge in [0.05, 0.1) is 13.7 Å². The van der Waals surface area contributed by atoms with Gasteiger partial charge in [-0.2, -0.15) is 0 Å². The fourth-order valence-corrected chi connectivity index (χ4v) is 1.47. The van der Waals surface area contributed by atoms with Crippen LogP contribution in [0.5, 0.6) is 5.75 Å². The molecule has 0 radical (unpaired) electrons. The van der Waals surface area contributed by atoms with E-state index in [0.29, 0.717) is 0 Å². The van der Waals surface area contributed by atoms with E-state index in [2.05, 4.69) is 0 Å². The third-order valence-electron chi connectivity index (χ3n) is 2.07. The zero-order valence-corrected chi connectivity index (χ0v) is 9.09. The van der Waals surface area contributed by atoms with E-state index in [-0.39, 0.29) is 29.4 Å². The quantitative estimate of drug-likeness (QED) is 0.826. The Morgan fingerprint density at radius 2 is 2.27 bits per heavy atom. The summed E-state index contributed by atoms with van der Waals surface area (Å²) in [5.41, 5.74) is 5.79. The predicted octanol–water partition coefficient (Wildman–Crippen LogP) is 1.35. The topological polar surface area (TPSA) is 55.5 Å². The SMILES string of the molecule is COc1ccc(Cl)c(CC(N)CO)c1F. The number of hydrogen-bond donors (Lipinski definition) is 2. The van der Waals surface area contributed by atoms with Gasteiger partial charge in [0.25, 0.3) is 0 Å². The second-order valence-corrected chi connectivity index (χ2v) is 3.60. The number of benzene rings is 1. The molecule has 0 saturated carbocycles. The van der Waals surface area contributed by atoms with Crippen LogP contribution in [0, 0.1) is 5.82 Å². The largest absolute Gasteiger partial charge is 0.494 e. The van der Waals surface area contributed by atoms with E-state index in [1.807, 2.05) is 0 Å². The number of nitrogens with two attached hydrogens (primary N) is 1. The fourth-order valence-electron chi connectivity index (χ4n) is 1.25. The maximum atomic E-state index is 13.7. The van der Waals surface area contributed by atoms with Crippen LogP contribution >= 0.6 is 11.6 Å². The summed E-state index contributed by atoms with van der Waals surface area (Å²) in [5.74, 6) is -0.395. The van der Waals surface area contributed by atoms with Gasteiger partial charge in [-0.25, -0.2) is 4.39 Å². The molecule has 3 nitrogen and oxygen atoms in total. The zero-order chi connectivity index (χ0) is 11.4. The van der Waals surface area contributed by atoms with Crippen LogP contribution in [-0.4, -0.2) is 24.9 Å². The standard InChI is InChI=1S/C10H13ClFNO2/c1-15-9-3-2-8(11)7(10(9)12)4-6(13)5-14/h2-3,6,14H,4-5,13H2,1H3. The number of rotatable bonds is 4. The molecule has 15 heavy (non-hydrogen) atoms. The van der Waals surface area contributed by atoms with Gasteiger partial charge in [0.1, 0.15) is 0 Å². The van der Waals surface area contributed by atoms with Crippen molar-refractivity contribution < 1.29 is 14.2 Å². The molecule has 1 unspecified atom stereocenters. The Labute approximate surface area is 92.6 Å². The lowest BCUT2D eigenvalue weighted by atomic mass is 10.1. The summed E-state index contributed by atoms with van der Waals surface area (Å²) in [4.78, 5) is 0. The first-order valence-electron chi connectivity index (χ1n) is 4.47. The maximum Gasteiger partial charge on any atom is 0.169 e. The molecule has 0 aliphatic carbocycles. The smallest absolute Gasteiger partial charge is 0.169 e. The second kappa shape index (κ2) is 5.30. The summed E-state index contributed by atoms with van der Waals surface area (Å²) in [7, 11) is 1.38. The first-order valence-corrected chi connectivity index (χ1v) is 4.85. The molecule has 5 heteroatoms. The molecule has 1 aromatic carbocycles. The van der Waals surface area contributed by atoms with Gasteiger partial charge in [-0.3, -0.25) is 0 Å². The molecule has 0 aliphatic rings. The lowest BCUT2D eigenvalue weighted by Crippen LogP contribution is -2.27. The molecular weight excluding hydrogens is 221 g/mol. The maximum absolute atomic E-state index is 13.7. The zero-order valence-electron chi connectivity index (χ0n) is 8.34. The van der Waals surface area contributed by atoms with Crippen molar-refractivity contribution in [1.82, 2.24) is 0 Å². The average molecular weight is 234 g/mol. The molecule has 1 rings (SSSR count). The fraction of sp³-hybridized carbons (Fsp3) is 0.400. The molecule has 1 atom stereocenters. The van der Waals surface area contributed by atoms with Gasteiger partial charge in [-0.1, -0.05) is 11.6 Å². The van der Waals surface area contributed by atoms with Crippen LogP contribution in [0.15, 0.2) is 12.1 Å². The van der Waals surface area contributed by atoms with E-state index >= 15 is 0 Å². The number of hydrogen-bond acceptors (Lipinski definition) is 3. The Kier molecular flexibility index (Phi) is 4.32. The minimum Gasteiger partial charge on any atom is -0.494 e. The van der Waals surface area contributed by atoms with E-state index in [1.165, 1.54) is 13.2 Å². The number of halogens is 2. The van der Waals surface area contributed by atoms with Crippen LogP contribution < -0.4 is 10.5 Å². The van der Waals surface area contributed by atoms with E-state index in [1.54, 1.807) is 6.07 Å². The average Bonchev–Trinajstić information content (AvgIpc) is 2.24. The molecule has 0 spiro atoms. The van der Waals surface area contributed by atoms with Crippen molar-refractivity contribution in [2.75, 3.05) is 13.7 Å². The van der Waals surface area contributed by atoms with Gasteiger partial charge in [0, 0.05) is 16.6 Å². The number of aliphatic hydroxyl groups is 1. The van der Waals surface area contributed by atoms with Crippen LogP contribution in [0.1, 0.15) is 5.56 Å². The number of aliphatic hydroxyl groups excluding tert-OH is 1. The van der Waals surface area contributed by atoms with Crippen molar-refractivity contribution in [1.29, 1.82) is 0 Å². The predicted molar refractivity (Wildman–Crippen MR) is 56.7 cm³/mol. The Morgan fingerprint density at radius 3 is 2.80 bits per heavy atom. The highest BCUT2D eigenvalue weighted by atomic mass is 35.5. The Hall–Kier alpha value is -0.840. The minimum absolute atomic E-state index is 0.125. The first kappa shape index (κ1) is 12.2. The summed E-state index contributed by atoms with van der Waals surface area (Å²) in [5, 5.41) is 9.07. The van der Waals surface area contributed by atoms with Crippen molar-refractivity contribution in [2.45, 2.75) is 12.5 Å². The summed E-state index contributed by atoms with van der Waals surface area (Å²) >= 11 is 5.83. The molecule has 0 fully saturated rings. The lowest BCUT2D eigenvalue weighted by Gasteiger charge is -2.12. The van der Waals surface area contributed by atoms with Crippen molar-refractivity contribution in [2.24, 2.45) is 5.73 Å². The first-order chi connectivity index (χ1) is 7.10. The third-order valence-corrected chi connectivity index (χ3v) is 2.43. The van der Waals surface area contributed by atoms with E-state index < -0.39 is 11.9 Å². The normalized spacial score (nSPS) is 12.6. The highest BCUT2D eigenvalue weighted by Crippen LogP contribution is 2.27. The van der Waals surface area contributed by atoms with Gasteiger partial charge in [0.2, 0.25) is 0 Å². The summed E-state index contributed by atoms with van der Waals surface area (Å²) in [6.45, 7) is -0.215. The van der Waals surface area contributed by atoms with Crippen LogP contribution in [0.2, 0.25) is 5.02 Å². The molecular formula is C10H13ClFNO2. The van der Waals surface area contributed by atoms with Gasteiger partial charge < -0.3 is 15.6 Å². The van der Waals surface area contributed by atoms with Crippen LogP contribution in [0.4, 0.5) is 4.39 Å². The van der Waals surface area contributed by atoms with E-state index in [4.69, 9.17) is 27.2 Å². The molecule has 1 aromatic rings. The van der Waals surface area contributed by atoms with Gasteiger partial charge >= 0.3 is 0 Å². The van der Waals surface area contributed by atoms with E-state index in [9.17, 15) is 4.39 Å². The highest BCUT2D eigenvalue weighted by Gasteiger charge is 2.15. The molecule has 0 amide bonds. The number of ether oxygens (including phenoxy) is 1. The van der Waals surface area contributed by atoms with Crippen LogP contribution in [-0.2, 0) is 6.42 Å². The summed E-state index contributed by atoms with van der Waals surface area (Å²) in [6, 6.07) is 2.47.